The number of nitrogens with zero attached hydrogens (tertiary/aromatic N) is 3. The second-order valence-corrected chi connectivity index (χ2v) is 9.14. The van der Waals surface area contributed by atoms with E-state index < -0.39 is 5.97 Å². The fourth-order valence-corrected chi connectivity index (χ4v) is 5.22. The Labute approximate surface area is 207 Å². The van der Waals surface area contributed by atoms with Crippen molar-refractivity contribution in [3.05, 3.63) is 59.9 Å². The van der Waals surface area contributed by atoms with Gasteiger partial charge in [0.15, 0.2) is 11.0 Å². The van der Waals surface area contributed by atoms with Gasteiger partial charge in [-0.25, -0.2) is 4.79 Å². The average molecular weight is 494 g/mol. The minimum Gasteiger partial charge on any atom is -0.497 e. The zero-order valence-electron chi connectivity index (χ0n) is 19.7. The van der Waals surface area contributed by atoms with Crippen molar-refractivity contribution in [1.29, 1.82) is 0 Å². The Hall–Kier alpha value is -3.30. The molecule has 0 saturated carbocycles. The summed E-state index contributed by atoms with van der Waals surface area (Å²) in [5.41, 5.74) is 2.40. The molecule has 2 aromatic heterocycles. The maximum atomic E-state index is 12.6. The summed E-state index contributed by atoms with van der Waals surface area (Å²) in [5, 5.41) is 10.7. The lowest BCUT2D eigenvalue weighted by molar-refractivity contribution is 0.0491. The minimum atomic E-state index is -0.459. The third-order valence-corrected chi connectivity index (χ3v) is 6.97. The molecule has 1 atom stereocenters. The van der Waals surface area contributed by atoms with Gasteiger partial charge in [0.25, 0.3) is 0 Å². The van der Waals surface area contributed by atoms with Gasteiger partial charge in [-0.1, -0.05) is 30.0 Å². The zero-order chi connectivity index (χ0) is 24.2. The Balaban J connectivity index is 1.47. The number of fused-ring (bicyclic) bond motifs is 1. The van der Waals surface area contributed by atoms with Crippen molar-refractivity contribution in [2.45, 2.75) is 43.3 Å². The Morgan fingerprint density at radius 1 is 1.17 bits per heavy atom. The van der Waals surface area contributed by atoms with E-state index in [9.17, 15) is 4.79 Å². The van der Waals surface area contributed by atoms with E-state index in [0.29, 0.717) is 17.9 Å². The van der Waals surface area contributed by atoms with Crippen LogP contribution in [0.2, 0.25) is 0 Å². The normalized spacial score (nSPS) is 15.5. The first-order valence-electron chi connectivity index (χ1n) is 11.7. The smallest absolute Gasteiger partial charge is 0.374 e. The molecule has 3 heterocycles. The van der Waals surface area contributed by atoms with Crippen molar-refractivity contribution in [2.24, 2.45) is 0 Å². The van der Waals surface area contributed by atoms with Crippen LogP contribution in [0.5, 0.6) is 5.75 Å². The van der Waals surface area contributed by atoms with E-state index in [1.165, 1.54) is 11.8 Å². The molecule has 8 nitrogen and oxygen atoms in total. The third-order valence-electron chi connectivity index (χ3n) is 5.98. The van der Waals surface area contributed by atoms with Crippen LogP contribution in [0.25, 0.3) is 22.4 Å². The van der Waals surface area contributed by atoms with Crippen LogP contribution in [0, 0.1) is 0 Å². The number of para-hydroxylation sites is 1. The largest absolute Gasteiger partial charge is 0.497 e. The molecule has 9 heteroatoms. The molecule has 0 amide bonds. The van der Waals surface area contributed by atoms with E-state index in [2.05, 4.69) is 14.8 Å². The summed E-state index contributed by atoms with van der Waals surface area (Å²) in [4.78, 5) is 12.6. The van der Waals surface area contributed by atoms with Crippen LogP contribution in [0.4, 0.5) is 0 Å². The number of methoxy groups -OCH3 is 1. The van der Waals surface area contributed by atoms with Crippen molar-refractivity contribution in [1.82, 2.24) is 14.8 Å². The van der Waals surface area contributed by atoms with Crippen LogP contribution in [-0.2, 0) is 21.8 Å². The Bertz CT molecular complexity index is 1310. The molecule has 1 aliphatic rings. The van der Waals surface area contributed by atoms with Gasteiger partial charge < -0.3 is 18.6 Å². The lowest BCUT2D eigenvalue weighted by Crippen LogP contribution is -2.16. The first-order chi connectivity index (χ1) is 17.2. The standard InChI is InChI=1S/C26H27N3O5S/c1-3-32-25(30)23-21(20-8-4-5-9-22(20)34-23)16-35-26-28-27-24(17-10-12-18(31-2)13-11-17)29(26)15-19-7-6-14-33-19/h4-5,8-13,19H,3,6-7,14-16H2,1-2H3/t19-/m1/s1. The van der Waals surface area contributed by atoms with E-state index in [1.807, 2.05) is 48.5 Å². The molecule has 35 heavy (non-hydrogen) atoms. The number of hydrogen-bond donors (Lipinski definition) is 0. The lowest BCUT2D eigenvalue weighted by atomic mass is 10.1. The number of furan rings is 1. The predicted octanol–water partition coefficient (Wildman–Crippen LogP) is 5.35. The number of rotatable bonds is 9. The highest BCUT2D eigenvalue weighted by Crippen LogP contribution is 2.34. The molecule has 0 radical (unpaired) electrons. The van der Waals surface area contributed by atoms with Gasteiger partial charge in [-0.3, -0.25) is 4.57 Å². The Kier molecular flexibility index (Phi) is 7.06. The average Bonchev–Trinajstić information content (AvgIpc) is 3.62. The predicted molar refractivity (Wildman–Crippen MR) is 133 cm³/mol. The molecule has 0 N–H and O–H groups in total. The lowest BCUT2D eigenvalue weighted by Gasteiger charge is -2.15. The number of hydrogen-bond acceptors (Lipinski definition) is 8. The first-order valence-corrected chi connectivity index (χ1v) is 12.7. The summed E-state index contributed by atoms with van der Waals surface area (Å²) in [6.07, 6.45) is 2.17. The Morgan fingerprint density at radius 2 is 2.00 bits per heavy atom. The molecule has 1 fully saturated rings. The first kappa shape index (κ1) is 23.4. The van der Waals surface area contributed by atoms with E-state index in [0.717, 1.165) is 52.7 Å². The van der Waals surface area contributed by atoms with Gasteiger partial charge in [-0.05, 0) is 50.1 Å². The minimum absolute atomic E-state index is 0.118. The molecular formula is C26H27N3O5S. The fourth-order valence-electron chi connectivity index (χ4n) is 4.25. The highest BCUT2D eigenvalue weighted by Gasteiger charge is 2.25. The van der Waals surface area contributed by atoms with E-state index in [4.69, 9.17) is 18.6 Å². The summed E-state index contributed by atoms with van der Waals surface area (Å²) in [6, 6.07) is 15.4. The third kappa shape index (κ3) is 4.92. The second kappa shape index (κ2) is 10.5. The summed E-state index contributed by atoms with van der Waals surface area (Å²) in [7, 11) is 1.65. The molecular weight excluding hydrogens is 466 g/mol. The van der Waals surface area contributed by atoms with Crippen LogP contribution in [-0.4, -0.2) is 47.2 Å². The highest BCUT2D eigenvalue weighted by atomic mass is 32.2. The van der Waals surface area contributed by atoms with Crippen molar-refractivity contribution >= 4 is 28.7 Å². The molecule has 0 spiro atoms. The van der Waals surface area contributed by atoms with Gasteiger partial charge in [-0.15, -0.1) is 10.2 Å². The fraction of sp³-hybridized carbons (Fsp3) is 0.346. The van der Waals surface area contributed by atoms with E-state index in [1.54, 1.807) is 14.0 Å². The number of carbonyl (C=O) groups excluding carboxylic acids is 1. The second-order valence-electron chi connectivity index (χ2n) is 8.20. The molecule has 0 unspecified atom stereocenters. The van der Waals surface area contributed by atoms with Crippen LogP contribution in [0.15, 0.2) is 58.1 Å². The molecule has 5 rings (SSSR count). The number of aromatic nitrogens is 3. The van der Waals surface area contributed by atoms with Crippen molar-refractivity contribution in [3.63, 3.8) is 0 Å². The van der Waals surface area contributed by atoms with Crippen molar-refractivity contribution in [3.8, 4) is 17.1 Å². The zero-order valence-corrected chi connectivity index (χ0v) is 20.5. The van der Waals surface area contributed by atoms with E-state index >= 15 is 0 Å². The molecule has 1 saturated heterocycles. The summed E-state index contributed by atoms with van der Waals surface area (Å²) in [6.45, 7) is 3.50. The molecule has 4 aromatic rings. The quantitative estimate of drug-likeness (QED) is 0.228. The van der Waals surface area contributed by atoms with Gasteiger partial charge in [0.05, 0.1) is 26.4 Å². The number of thioether (sulfide) groups is 1. The Morgan fingerprint density at radius 3 is 2.74 bits per heavy atom. The summed E-state index contributed by atoms with van der Waals surface area (Å²) in [5.74, 6) is 1.82. The van der Waals surface area contributed by atoms with Crippen LogP contribution < -0.4 is 4.74 Å². The van der Waals surface area contributed by atoms with Crippen LogP contribution in [0.3, 0.4) is 0 Å². The summed E-state index contributed by atoms with van der Waals surface area (Å²) >= 11 is 1.52. The maximum Gasteiger partial charge on any atom is 0.374 e. The SMILES string of the molecule is CCOC(=O)c1oc2ccccc2c1CSc1nnc(-c2ccc(OC)cc2)n1C[C@H]1CCCO1. The van der Waals surface area contributed by atoms with Crippen molar-refractivity contribution < 1.29 is 23.4 Å². The van der Waals surface area contributed by atoms with Gasteiger partial charge >= 0.3 is 5.97 Å². The van der Waals surface area contributed by atoms with E-state index in [-0.39, 0.29) is 18.5 Å². The maximum absolute atomic E-state index is 12.6. The van der Waals surface area contributed by atoms with Gasteiger partial charge in [0, 0.05) is 28.9 Å². The van der Waals surface area contributed by atoms with Gasteiger partial charge in [-0.2, -0.15) is 0 Å². The molecule has 0 bridgehead atoms. The van der Waals surface area contributed by atoms with Gasteiger partial charge in [0.2, 0.25) is 5.76 Å². The number of ether oxygens (including phenoxy) is 3. The van der Waals surface area contributed by atoms with Gasteiger partial charge in [0.1, 0.15) is 11.3 Å². The number of benzene rings is 2. The number of esters is 1. The van der Waals surface area contributed by atoms with Crippen LogP contribution in [0.1, 0.15) is 35.9 Å². The summed E-state index contributed by atoms with van der Waals surface area (Å²) < 4.78 is 24.4. The van der Waals surface area contributed by atoms with Crippen LogP contribution >= 0.6 is 11.8 Å². The molecule has 2 aromatic carbocycles. The molecule has 182 valence electrons. The molecule has 1 aliphatic heterocycles. The molecule has 0 aliphatic carbocycles. The highest BCUT2D eigenvalue weighted by molar-refractivity contribution is 7.98. The number of carbonyl (C=O) groups is 1. The topological polar surface area (TPSA) is 88.6 Å². The van der Waals surface area contributed by atoms with Crippen molar-refractivity contribution in [2.75, 3.05) is 20.3 Å². The monoisotopic (exact) mass is 493 g/mol.